The highest BCUT2D eigenvalue weighted by atomic mass is 32.1. The highest BCUT2D eigenvalue weighted by Gasteiger charge is 2.19. The summed E-state index contributed by atoms with van der Waals surface area (Å²) in [6, 6.07) is 10.8. The van der Waals surface area contributed by atoms with Crippen LogP contribution in [-0.2, 0) is 11.8 Å². The zero-order chi connectivity index (χ0) is 13.9. The van der Waals surface area contributed by atoms with Gasteiger partial charge in [0.15, 0.2) is 0 Å². The summed E-state index contributed by atoms with van der Waals surface area (Å²) in [7, 11) is 0. The van der Waals surface area contributed by atoms with Crippen molar-refractivity contribution in [2.24, 2.45) is 0 Å². The molecule has 1 unspecified atom stereocenters. The second-order valence-corrected chi connectivity index (χ2v) is 6.66. The van der Waals surface area contributed by atoms with Gasteiger partial charge in [0.2, 0.25) is 5.13 Å². The van der Waals surface area contributed by atoms with Crippen molar-refractivity contribution in [1.82, 2.24) is 9.36 Å². The fraction of sp³-hybridized carbons (Fsp3) is 0.467. The molecule has 0 aliphatic carbocycles. The van der Waals surface area contributed by atoms with Crippen LogP contribution in [0.15, 0.2) is 30.3 Å². The van der Waals surface area contributed by atoms with E-state index < -0.39 is 0 Å². The van der Waals surface area contributed by atoms with E-state index in [0.29, 0.717) is 6.04 Å². The summed E-state index contributed by atoms with van der Waals surface area (Å²) in [6.07, 6.45) is 0.991. The highest BCUT2D eigenvalue weighted by molar-refractivity contribution is 7.09. The fourth-order valence-corrected chi connectivity index (χ4v) is 2.69. The Morgan fingerprint density at radius 2 is 1.89 bits per heavy atom. The van der Waals surface area contributed by atoms with E-state index in [2.05, 4.69) is 66.6 Å². The van der Waals surface area contributed by atoms with Gasteiger partial charge < -0.3 is 5.32 Å². The third kappa shape index (κ3) is 4.03. The summed E-state index contributed by atoms with van der Waals surface area (Å²) >= 11 is 1.44. The van der Waals surface area contributed by atoms with Crippen molar-refractivity contribution < 1.29 is 0 Å². The molecule has 102 valence electrons. The van der Waals surface area contributed by atoms with Crippen molar-refractivity contribution in [3.8, 4) is 0 Å². The molecular weight excluding hydrogens is 254 g/mol. The molecule has 4 heteroatoms. The number of nitrogens with one attached hydrogen (secondary N) is 1. The molecule has 1 N–H and O–H groups in total. The van der Waals surface area contributed by atoms with E-state index in [4.69, 9.17) is 0 Å². The van der Waals surface area contributed by atoms with Crippen LogP contribution in [0, 0.1) is 0 Å². The molecule has 1 heterocycles. The average Bonchev–Trinajstić information content (AvgIpc) is 2.78. The number of rotatable bonds is 4. The molecule has 3 nitrogen and oxygen atoms in total. The molecule has 0 aliphatic heterocycles. The maximum absolute atomic E-state index is 4.56. The molecule has 0 radical (unpaired) electrons. The van der Waals surface area contributed by atoms with Gasteiger partial charge in [0.1, 0.15) is 5.82 Å². The summed E-state index contributed by atoms with van der Waals surface area (Å²) in [5.41, 5.74) is 1.35. The Morgan fingerprint density at radius 1 is 1.21 bits per heavy atom. The molecule has 1 aromatic heterocycles. The first-order chi connectivity index (χ1) is 8.95. The molecule has 0 spiro atoms. The Bertz CT molecular complexity index is 514. The maximum Gasteiger partial charge on any atom is 0.202 e. The molecule has 0 saturated carbocycles. The predicted molar refractivity (Wildman–Crippen MR) is 81.8 cm³/mol. The third-order valence-electron chi connectivity index (χ3n) is 2.85. The van der Waals surface area contributed by atoms with Gasteiger partial charge in [-0.05, 0) is 18.9 Å². The van der Waals surface area contributed by atoms with E-state index in [1.807, 2.05) is 6.07 Å². The summed E-state index contributed by atoms with van der Waals surface area (Å²) in [5, 5.41) is 4.34. The summed E-state index contributed by atoms with van der Waals surface area (Å²) < 4.78 is 4.42. The van der Waals surface area contributed by atoms with Crippen molar-refractivity contribution in [3.05, 3.63) is 41.7 Å². The largest absolute Gasteiger partial charge is 0.357 e. The lowest BCUT2D eigenvalue weighted by atomic mass is 9.96. The van der Waals surface area contributed by atoms with Gasteiger partial charge in [0.05, 0.1) is 0 Å². The van der Waals surface area contributed by atoms with Crippen molar-refractivity contribution in [2.75, 3.05) is 5.32 Å². The molecule has 1 atom stereocenters. The van der Waals surface area contributed by atoms with E-state index in [1.165, 1.54) is 17.1 Å². The third-order valence-corrected chi connectivity index (χ3v) is 3.50. The van der Waals surface area contributed by atoms with Gasteiger partial charge in [-0.2, -0.15) is 4.37 Å². The quantitative estimate of drug-likeness (QED) is 0.920. The van der Waals surface area contributed by atoms with Gasteiger partial charge in [-0.3, -0.25) is 0 Å². The molecule has 0 bridgehead atoms. The van der Waals surface area contributed by atoms with Crippen molar-refractivity contribution >= 4 is 16.7 Å². The zero-order valence-electron chi connectivity index (χ0n) is 12.0. The Labute approximate surface area is 119 Å². The molecule has 0 saturated heterocycles. The maximum atomic E-state index is 4.56. The van der Waals surface area contributed by atoms with E-state index in [0.717, 1.165) is 17.4 Å². The molecule has 0 fully saturated rings. The second kappa shape index (κ2) is 5.70. The minimum Gasteiger partial charge on any atom is -0.357 e. The minimum atomic E-state index is 0.0130. The van der Waals surface area contributed by atoms with Gasteiger partial charge in [-0.25, -0.2) is 4.98 Å². The van der Waals surface area contributed by atoms with Crippen LogP contribution in [0.1, 0.15) is 39.1 Å². The highest BCUT2D eigenvalue weighted by Crippen LogP contribution is 2.23. The lowest BCUT2D eigenvalue weighted by molar-refractivity contribution is 0.555. The Hall–Kier alpha value is -1.42. The van der Waals surface area contributed by atoms with Crippen molar-refractivity contribution in [3.63, 3.8) is 0 Å². The van der Waals surface area contributed by atoms with Gasteiger partial charge in [-0.1, -0.05) is 51.1 Å². The molecular formula is C15H21N3S. The molecule has 19 heavy (non-hydrogen) atoms. The monoisotopic (exact) mass is 275 g/mol. The number of benzene rings is 1. The van der Waals surface area contributed by atoms with Gasteiger partial charge in [-0.15, -0.1) is 0 Å². The molecule has 2 rings (SSSR count). The van der Waals surface area contributed by atoms with E-state index in [9.17, 15) is 0 Å². The van der Waals surface area contributed by atoms with Crippen LogP contribution in [-0.4, -0.2) is 15.4 Å². The van der Waals surface area contributed by atoms with Crippen LogP contribution in [0.25, 0.3) is 0 Å². The number of nitrogens with zero attached hydrogens (tertiary/aromatic N) is 2. The first kappa shape index (κ1) is 14.0. The minimum absolute atomic E-state index is 0.0130. The SMILES string of the molecule is CC(Cc1ccccc1)Nc1nc(C(C)(C)C)ns1. The predicted octanol–water partition coefficient (Wildman–Crippen LogP) is 3.88. The number of hydrogen-bond donors (Lipinski definition) is 1. The fourth-order valence-electron chi connectivity index (χ4n) is 1.82. The second-order valence-electron chi connectivity index (χ2n) is 5.91. The zero-order valence-corrected chi connectivity index (χ0v) is 12.8. The standard InChI is InChI=1S/C15H21N3S/c1-11(10-12-8-6-5-7-9-12)16-14-17-13(18-19-14)15(2,3)4/h5-9,11H,10H2,1-4H3,(H,16,17,18). The first-order valence-electron chi connectivity index (χ1n) is 6.60. The van der Waals surface area contributed by atoms with Crippen molar-refractivity contribution in [1.29, 1.82) is 0 Å². The Morgan fingerprint density at radius 3 is 2.47 bits per heavy atom. The normalized spacial score (nSPS) is 13.3. The first-order valence-corrected chi connectivity index (χ1v) is 7.37. The smallest absolute Gasteiger partial charge is 0.202 e. The number of hydrogen-bond acceptors (Lipinski definition) is 4. The average molecular weight is 275 g/mol. The van der Waals surface area contributed by atoms with Crippen LogP contribution < -0.4 is 5.32 Å². The lowest BCUT2D eigenvalue weighted by Crippen LogP contribution is -2.18. The van der Waals surface area contributed by atoms with Crippen LogP contribution >= 0.6 is 11.5 Å². The molecule has 1 aromatic carbocycles. The van der Waals surface area contributed by atoms with Gasteiger partial charge >= 0.3 is 0 Å². The molecule has 2 aromatic rings. The summed E-state index contributed by atoms with van der Waals surface area (Å²) in [4.78, 5) is 4.56. The number of aromatic nitrogens is 2. The lowest BCUT2D eigenvalue weighted by Gasteiger charge is -2.14. The topological polar surface area (TPSA) is 37.8 Å². The van der Waals surface area contributed by atoms with Crippen LogP contribution in [0.5, 0.6) is 0 Å². The molecule has 0 amide bonds. The van der Waals surface area contributed by atoms with E-state index >= 15 is 0 Å². The van der Waals surface area contributed by atoms with Crippen LogP contribution in [0.2, 0.25) is 0 Å². The molecule has 0 aliphatic rings. The van der Waals surface area contributed by atoms with E-state index in [-0.39, 0.29) is 5.41 Å². The summed E-state index contributed by atoms with van der Waals surface area (Å²) in [6.45, 7) is 8.57. The van der Waals surface area contributed by atoms with Gasteiger partial charge in [0, 0.05) is 23.0 Å². The van der Waals surface area contributed by atoms with Gasteiger partial charge in [0.25, 0.3) is 0 Å². The van der Waals surface area contributed by atoms with E-state index in [1.54, 1.807) is 0 Å². The Kier molecular flexibility index (Phi) is 4.20. The van der Waals surface area contributed by atoms with Crippen LogP contribution in [0.4, 0.5) is 5.13 Å². The number of anilines is 1. The van der Waals surface area contributed by atoms with Crippen LogP contribution in [0.3, 0.4) is 0 Å². The Balaban J connectivity index is 1.96. The summed E-state index contributed by atoms with van der Waals surface area (Å²) in [5.74, 6) is 0.909. The van der Waals surface area contributed by atoms with Crippen molar-refractivity contribution in [2.45, 2.75) is 45.6 Å².